The van der Waals surface area contributed by atoms with E-state index in [1.165, 1.54) is 9.88 Å². The number of amidine groups is 1. The first-order chi connectivity index (χ1) is 15.3. The maximum absolute atomic E-state index is 7.61. The van der Waals surface area contributed by atoms with Crippen LogP contribution in [0.1, 0.15) is 55.5 Å². The zero-order valence-corrected chi connectivity index (χ0v) is 20.2. The van der Waals surface area contributed by atoms with E-state index in [9.17, 15) is 0 Å². The first kappa shape index (κ1) is 23.8. The summed E-state index contributed by atoms with van der Waals surface area (Å²) in [5, 5.41) is 8.77. The highest BCUT2D eigenvalue weighted by Gasteiger charge is 2.20. The summed E-state index contributed by atoms with van der Waals surface area (Å²) < 4.78 is 11.7. The van der Waals surface area contributed by atoms with Crippen LogP contribution in [0.2, 0.25) is 0 Å². The Morgan fingerprint density at radius 2 is 1.62 bits per heavy atom. The van der Waals surface area contributed by atoms with Crippen molar-refractivity contribution in [2.24, 2.45) is 5.73 Å². The van der Waals surface area contributed by atoms with Gasteiger partial charge in [-0.1, -0.05) is 32.9 Å². The van der Waals surface area contributed by atoms with Crippen LogP contribution in [0.3, 0.4) is 0 Å². The largest absolute Gasteiger partial charge is 0.494 e. The predicted molar refractivity (Wildman–Crippen MR) is 133 cm³/mol. The van der Waals surface area contributed by atoms with Crippen molar-refractivity contribution in [3.8, 4) is 22.8 Å². The number of para-hydroxylation sites is 1. The summed E-state index contributed by atoms with van der Waals surface area (Å²) in [6, 6.07) is 15.6. The Morgan fingerprint density at radius 3 is 2.25 bits per heavy atom. The van der Waals surface area contributed by atoms with Gasteiger partial charge in [-0.3, -0.25) is 5.41 Å². The molecule has 1 aromatic heterocycles. The maximum Gasteiger partial charge on any atom is 0.130 e. The number of rotatable bonds is 10. The van der Waals surface area contributed by atoms with Crippen LogP contribution in [0.25, 0.3) is 11.3 Å². The number of nitrogen functional groups attached to an aromatic ring is 1. The molecule has 0 saturated heterocycles. The zero-order valence-electron chi connectivity index (χ0n) is 19.4. The molecule has 0 aliphatic heterocycles. The maximum atomic E-state index is 7.61. The number of hydrogen-bond acceptors (Lipinski definition) is 5. The van der Waals surface area contributed by atoms with Gasteiger partial charge >= 0.3 is 0 Å². The van der Waals surface area contributed by atoms with E-state index in [1.54, 1.807) is 17.4 Å². The Kier molecular flexibility index (Phi) is 7.91. The normalized spacial score (nSPS) is 11.4. The molecule has 3 rings (SSSR count). The lowest BCUT2D eigenvalue weighted by molar-refractivity contribution is 0.279. The molecule has 3 aromatic rings. The highest BCUT2D eigenvalue weighted by Crippen LogP contribution is 2.34. The minimum absolute atomic E-state index is 0.0274. The van der Waals surface area contributed by atoms with Gasteiger partial charge in [0.1, 0.15) is 17.3 Å². The first-order valence-corrected chi connectivity index (χ1v) is 11.8. The SMILES string of the molecule is Cc1sc(C(C)(C)C)nc1-c1ccc(OCCCCCOc2ccccc2C(=N)N)cc1. The molecule has 6 heteroatoms. The van der Waals surface area contributed by atoms with Crippen LogP contribution < -0.4 is 15.2 Å². The highest BCUT2D eigenvalue weighted by molar-refractivity contribution is 7.12. The van der Waals surface area contributed by atoms with Crippen molar-refractivity contribution in [2.45, 2.75) is 52.4 Å². The summed E-state index contributed by atoms with van der Waals surface area (Å²) >= 11 is 1.77. The van der Waals surface area contributed by atoms with Crippen LogP contribution in [0, 0.1) is 12.3 Å². The second kappa shape index (κ2) is 10.6. The third-order valence-electron chi connectivity index (χ3n) is 5.06. The number of aromatic nitrogens is 1. The van der Waals surface area contributed by atoms with Gasteiger partial charge < -0.3 is 15.2 Å². The minimum atomic E-state index is 0.0274. The monoisotopic (exact) mass is 451 g/mol. The molecule has 0 fully saturated rings. The molecule has 0 spiro atoms. The molecule has 0 saturated carbocycles. The molecule has 0 unspecified atom stereocenters. The number of nitrogens with two attached hydrogens (primary N) is 1. The van der Waals surface area contributed by atoms with E-state index < -0.39 is 0 Å². The van der Waals surface area contributed by atoms with Gasteiger partial charge in [0.25, 0.3) is 0 Å². The van der Waals surface area contributed by atoms with Crippen LogP contribution in [0.4, 0.5) is 0 Å². The van der Waals surface area contributed by atoms with Crippen LogP contribution >= 0.6 is 11.3 Å². The summed E-state index contributed by atoms with van der Waals surface area (Å²) in [6.07, 6.45) is 2.89. The van der Waals surface area contributed by atoms with E-state index in [4.69, 9.17) is 25.6 Å². The molecular weight excluding hydrogens is 418 g/mol. The zero-order chi connectivity index (χ0) is 23.1. The van der Waals surface area contributed by atoms with Crippen molar-refractivity contribution in [3.63, 3.8) is 0 Å². The number of nitrogens with zero attached hydrogens (tertiary/aromatic N) is 1. The van der Waals surface area contributed by atoms with Crippen molar-refractivity contribution < 1.29 is 9.47 Å². The molecule has 3 N–H and O–H groups in total. The van der Waals surface area contributed by atoms with Gasteiger partial charge in [0.15, 0.2) is 0 Å². The average molecular weight is 452 g/mol. The van der Waals surface area contributed by atoms with Gasteiger partial charge in [-0.15, -0.1) is 11.3 Å². The number of nitrogens with one attached hydrogen (secondary N) is 1. The van der Waals surface area contributed by atoms with Crippen molar-refractivity contribution in [1.82, 2.24) is 4.98 Å². The van der Waals surface area contributed by atoms with Crippen LogP contribution in [0.5, 0.6) is 11.5 Å². The molecule has 2 aromatic carbocycles. The number of ether oxygens (including phenoxy) is 2. The van der Waals surface area contributed by atoms with Gasteiger partial charge in [-0.2, -0.15) is 0 Å². The van der Waals surface area contributed by atoms with Gasteiger partial charge in [0.05, 0.1) is 29.5 Å². The molecule has 32 heavy (non-hydrogen) atoms. The molecule has 0 aliphatic carbocycles. The lowest BCUT2D eigenvalue weighted by atomic mass is 9.98. The van der Waals surface area contributed by atoms with E-state index in [-0.39, 0.29) is 11.3 Å². The average Bonchev–Trinajstić information content (AvgIpc) is 3.16. The molecule has 0 atom stereocenters. The lowest BCUT2D eigenvalue weighted by Crippen LogP contribution is -2.13. The summed E-state index contributed by atoms with van der Waals surface area (Å²) in [6.45, 7) is 10.0. The Bertz CT molecular complexity index is 1040. The van der Waals surface area contributed by atoms with Gasteiger partial charge in [0.2, 0.25) is 0 Å². The number of aryl methyl sites for hydroxylation is 1. The molecule has 5 nitrogen and oxygen atoms in total. The molecule has 0 radical (unpaired) electrons. The number of hydrogen-bond donors (Lipinski definition) is 2. The van der Waals surface area contributed by atoms with Gasteiger partial charge in [-0.05, 0) is 62.6 Å². The molecule has 0 aliphatic rings. The Hall–Kier alpha value is -2.86. The van der Waals surface area contributed by atoms with Crippen LogP contribution in [-0.2, 0) is 5.41 Å². The molecular formula is C26H33N3O2S. The van der Waals surface area contributed by atoms with E-state index in [0.29, 0.717) is 24.5 Å². The summed E-state index contributed by atoms with van der Waals surface area (Å²) in [7, 11) is 0. The Labute approximate surface area is 195 Å². The molecule has 0 amide bonds. The highest BCUT2D eigenvalue weighted by atomic mass is 32.1. The van der Waals surface area contributed by atoms with Gasteiger partial charge in [-0.25, -0.2) is 4.98 Å². The number of unbranched alkanes of at least 4 members (excludes halogenated alkanes) is 2. The second-order valence-corrected chi connectivity index (χ2v) is 10.1. The topological polar surface area (TPSA) is 81.2 Å². The third kappa shape index (κ3) is 6.33. The quantitative estimate of drug-likeness (QED) is 0.214. The van der Waals surface area contributed by atoms with Gasteiger partial charge in [0, 0.05) is 15.9 Å². The molecule has 1 heterocycles. The fourth-order valence-corrected chi connectivity index (χ4v) is 4.26. The summed E-state index contributed by atoms with van der Waals surface area (Å²) in [4.78, 5) is 6.12. The summed E-state index contributed by atoms with van der Waals surface area (Å²) in [5.74, 6) is 1.57. The fraction of sp³-hybridized carbons (Fsp3) is 0.385. The second-order valence-electron chi connectivity index (χ2n) is 8.87. The van der Waals surface area contributed by atoms with Crippen molar-refractivity contribution in [2.75, 3.05) is 13.2 Å². The lowest BCUT2D eigenvalue weighted by Gasteiger charge is -2.13. The first-order valence-electron chi connectivity index (χ1n) is 11.0. The predicted octanol–water partition coefficient (Wildman–Crippen LogP) is 6.33. The van der Waals surface area contributed by atoms with Crippen molar-refractivity contribution >= 4 is 17.2 Å². The smallest absolute Gasteiger partial charge is 0.130 e. The standard InChI is InChI=1S/C26H33N3O2S/c1-18-23(29-25(32-18)26(2,3)4)19-12-14-20(15-13-19)30-16-8-5-9-17-31-22-11-7-6-10-21(22)24(27)28/h6-7,10-15H,5,8-9,16-17H2,1-4H3,(H3,27,28). The Balaban J connectivity index is 1.40. The van der Waals surface area contributed by atoms with E-state index >= 15 is 0 Å². The van der Waals surface area contributed by atoms with Crippen molar-refractivity contribution in [1.29, 1.82) is 5.41 Å². The van der Waals surface area contributed by atoms with E-state index in [0.717, 1.165) is 36.3 Å². The Morgan fingerprint density at radius 1 is 0.969 bits per heavy atom. The minimum Gasteiger partial charge on any atom is -0.494 e. The third-order valence-corrected chi connectivity index (χ3v) is 6.45. The van der Waals surface area contributed by atoms with E-state index in [1.807, 2.05) is 30.3 Å². The summed E-state index contributed by atoms with van der Waals surface area (Å²) in [5.41, 5.74) is 8.50. The molecule has 0 bridgehead atoms. The number of benzene rings is 2. The fourth-order valence-electron chi connectivity index (χ4n) is 3.26. The van der Waals surface area contributed by atoms with Crippen molar-refractivity contribution in [3.05, 3.63) is 64.0 Å². The number of thiazole rings is 1. The van der Waals surface area contributed by atoms with E-state index in [2.05, 4.69) is 39.8 Å². The molecule has 170 valence electrons. The van der Waals surface area contributed by atoms with Crippen LogP contribution in [-0.4, -0.2) is 24.0 Å². The van der Waals surface area contributed by atoms with Crippen LogP contribution in [0.15, 0.2) is 48.5 Å².